The standard InChI is InChI=1S/C13H13NOS/c1-10-7-11(14-13(16)8-10)9-15-12-5-3-2-4-6-12/h2-8H,9H2,1H3,(H,14,16). The zero-order valence-electron chi connectivity index (χ0n) is 9.07. The van der Waals surface area contributed by atoms with E-state index in [9.17, 15) is 0 Å². The van der Waals surface area contributed by atoms with E-state index >= 15 is 0 Å². The van der Waals surface area contributed by atoms with Gasteiger partial charge in [-0.05, 0) is 36.8 Å². The van der Waals surface area contributed by atoms with E-state index in [-0.39, 0.29) is 0 Å². The average molecular weight is 231 g/mol. The van der Waals surface area contributed by atoms with Crippen molar-refractivity contribution in [3.8, 4) is 5.75 Å². The number of hydrogen-bond donors (Lipinski definition) is 1. The van der Waals surface area contributed by atoms with Gasteiger partial charge in [0, 0.05) is 0 Å². The lowest BCUT2D eigenvalue weighted by molar-refractivity contribution is 0.301. The van der Waals surface area contributed by atoms with E-state index in [2.05, 4.69) is 4.98 Å². The van der Waals surface area contributed by atoms with Gasteiger partial charge in [0.15, 0.2) is 0 Å². The summed E-state index contributed by atoms with van der Waals surface area (Å²) in [4.78, 5) is 3.11. The molecule has 0 spiro atoms. The predicted molar refractivity (Wildman–Crippen MR) is 67.1 cm³/mol. The highest BCUT2D eigenvalue weighted by Crippen LogP contribution is 2.11. The molecule has 2 nitrogen and oxygen atoms in total. The average Bonchev–Trinajstić information content (AvgIpc) is 2.27. The van der Waals surface area contributed by atoms with Crippen LogP contribution in [0.2, 0.25) is 0 Å². The van der Waals surface area contributed by atoms with Gasteiger partial charge >= 0.3 is 0 Å². The van der Waals surface area contributed by atoms with Gasteiger partial charge in [-0.3, -0.25) is 0 Å². The molecule has 0 saturated heterocycles. The van der Waals surface area contributed by atoms with Crippen molar-refractivity contribution in [2.75, 3.05) is 0 Å². The Kier molecular flexibility index (Phi) is 3.37. The van der Waals surface area contributed by atoms with Gasteiger partial charge < -0.3 is 9.72 Å². The second kappa shape index (κ2) is 4.94. The minimum absolute atomic E-state index is 0.509. The van der Waals surface area contributed by atoms with Gasteiger partial charge in [-0.1, -0.05) is 30.4 Å². The maximum Gasteiger partial charge on any atom is 0.128 e. The fraction of sp³-hybridized carbons (Fsp3) is 0.154. The van der Waals surface area contributed by atoms with Crippen LogP contribution in [0.5, 0.6) is 5.75 Å². The first-order valence-corrected chi connectivity index (χ1v) is 5.52. The summed E-state index contributed by atoms with van der Waals surface area (Å²) in [5.74, 6) is 0.864. The lowest BCUT2D eigenvalue weighted by atomic mass is 10.2. The van der Waals surface area contributed by atoms with E-state index in [1.165, 1.54) is 0 Å². The molecule has 0 aliphatic carbocycles. The van der Waals surface area contributed by atoms with Gasteiger partial charge in [-0.2, -0.15) is 0 Å². The van der Waals surface area contributed by atoms with Crippen molar-refractivity contribution in [3.63, 3.8) is 0 Å². The highest BCUT2D eigenvalue weighted by molar-refractivity contribution is 7.71. The highest BCUT2D eigenvalue weighted by atomic mass is 32.1. The second-order valence-electron chi connectivity index (χ2n) is 3.65. The van der Waals surface area contributed by atoms with Crippen LogP contribution in [0.3, 0.4) is 0 Å². The molecule has 0 aliphatic rings. The fourth-order valence-electron chi connectivity index (χ4n) is 1.51. The first-order valence-electron chi connectivity index (χ1n) is 5.12. The lowest BCUT2D eigenvalue weighted by Crippen LogP contribution is -1.98. The van der Waals surface area contributed by atoms with Crippen molar-refractivity contribution >= 4 is 12.2 Å². The molecule has 1 N–H and O–H groups in total. The number of aromatic nitrogens is 1. The van der Waals surface area contributed by atoms with Crippen LogP contribution >= 0.6 is 12.2 Å². The molecular formula is C13H13NOS. The predicted octanol–water partition coefficient (Wildman–Crippen LogP) is 3.63. The largest absolute Gasteiger partial charge is 0.487 e. The van der Waals surface area contributed by atoms with E-state index in [0.29, 0.717) is 6.61 Å². The number of H-pyrrole nitrogens is 1. The van der Waals surface area contributed by atoms with E-state index in [4.69, 9.17) is 17.0 Å². The summed E-state index contributed by atoms with van der Waals surface area (Å²) < 4.78 is 6.37. The number of pyridine rings is 1. The van der Waals surface area contributed by atoms with Crippen LogP contribution in [0.4, 0.5) is 0 Å². The van der Waals surface area contributed by atoms with E-state index in [0.717, 1.165) is 21.6 Å². The molecule has 0 fully saturated rings. The number of aromatic amines is 1. The monoisotopic (exact) mass is 231 g/mol. The Hall–Kier alpha value is -1.61. The van der Waals surface area contributed by atoms with Crippen LogP contribution in [0, 0.1) is 11.6 Å². The van der Waals surface area contributed by atoms with Gasteiger partial charge in [0.2, 0.25) is 0 Å². The van der Waals surface area contributed by atoms with Crippen molar-refractivity contribution in [3.05, 3.63) is 58.4 Å². The van der Waals surface area contributed by atoms with E-state index in [1.54, 1.807) is 0 Å². The molecule has 0 atom stereocenters. The van der Waals surface area contributed by atoms with Crippen LogP contribution in [-0.4, -0.2) is 4.98 Å². The fourth-order valence-corrected chi connectivity index (χ4v) is 1.83. The SMILES string of the molecule is Cc1cc(COc2ccccc2)[nH]c(=S)c1. The van der Waals surface area contributed by atoms with Crippen molar-refractivity contribution in [1.29, 1.82) is 0 Å². The molecule has 3 heteroatoms. The number of nitrogens with one attached hydrogen (secondary N) is 1. The van der Waals surface area contributed by atoms with Crippen molar-refractivity contribution in [2.24, 2.45) is 0 Å². The quantitative estimate of drug-likeness (QED) is 0.816. The normalized spacial score (nSPS) is 10.1. The zero-order chi connectivity index (χ0) is 11.4. The number of benzene rings is 1. The number of para-hydroxylation sites is 1. The molecule has 1 aromatic carbocycles. The summed E-state index contributed by atoms with van der Waals surface area (Å²) in [7, 11) is 0. The van der Waals surface area contributed by atoms with E-state index < -0.39 is 0 Å². The summed E-state index contributed by atoms with van der Waals surface area (Å²) in [5, 5.41) is 0. The lowest BCUT2D eigenvalue weighted by Gasteiger charge is -2.06. The topological polar surface area (TPSA) is 25.0 Å². The molecule has 1 heterocycles. The number of ether oxygens (including phenoxy) is 1. The second-order valence-corrected chi connectivity index (χ2v) is 4.09. The molecular weight excluding hydrogens is 218 g/mol. The summed E-state index contributed by atoms with van der Waals surface area (Å²) in [6.07, 6.45) is 0. The Balaban J connectivity index is 2.08. The highest BCUT2D eigenvalue weighted by Gasteiger charge is 1.96. The number of rotatable bonds is 3. The zero-order valence-corrected chi connectivity index (χ0v) is 9.88. The van der Waals surface area contributed by atoms with Gasteiger partial charge in [-0.15, -0.1) is 0 Å². The van der Waals surface area contributed by atoms with Gasteiger partial charge in [-0.25, -0.2) is 0 Å². The summed E-state index contributed by atoms with van der Waals surface area (Å²) >= 11 is 5.11. The molecule has 0 amide bonds. The molecule has 2 rings (SSSR count). The molecule has 0 unspecified atom stereocenters. The van der Waals surface area contributed by atoms with Crippen LogP contribution in [0.25, 0.3) is 0 Å². The maximum atomic E-state index is 5.62. The number of aryl methyl sites for hydroxylation is 1. The molecule has 2 aromatic rings. The van der Waals surface area contributed by atoms with Crippen molar-refractivity contribution in [1.82, 2.24) is 4.98 Å². The molecule has 82 valence electrons. The Morgan fingerprint density at radius 1 is 1.19 bits per heavy atom. The Morgan fingerprint density at radius 2 is 1.94 bits per heavy atom. The molecule has 0 saturated carbocycles. The third kappa shape index (κ3) is 2.94. The molecule has 16 heavy (non-hydrogen) atoms. The summed E-state index contributed by atoms with van der Waals surface area (Å²) in [6, 6.07) is 13.7. The maximum absolute atomic E-state index is 5.62. The molecule has 0 radical (unpaired) electrons. The molecule has 0 aliphatic heterocycles. The third-order valence-electron chi connectivity index (χ3n) is 2.18. The Bertz CT molecular complexity index is 519. The van der Waals surface area contributed by atoms with E-state index in [1.807, 2.05) is 49.4 Å². The van der Waals surface area contributed by atoms with Crippen LogP contribution in [-0.2, 0) is 6.61 Å². The minimum atomic E-state index is 0.509. The van der Waals surface area contributed by atoms with Gasteiger partial charge in [0.05, 0.1) is 5.69 Å². The van der Waals surface area contributed by atoms with Crippen LogP contribution in [0.1, 0.15) is 11.3 Å². The van der Waals surface area contributed by atoms with Gasteiger partial charge in [0.1, 0.15) is 17.0 Å². The Morgan fingerprint density at radius 3 is 2.62 bits per heavy atom. The first kappa shape index (κ1) is 10.9. The van der Waals surface area contributed by atoms with Crippen LogP contribution < -0.4 is 4.74 Å². The van der Waals surface area contributed by atoms with Gasteiger partial charge in [0.25, 0.3) is 0 Å². The third-order valence-corrected chi connectivity index (χ3v) is 2.40. The minimum Gasteiger partial charge on any atom is -0.487 e. The molecule has 0 bridgehead atoms. The summed E-state index contributed by atoms with van der Waals surface area (Å²) in [5.41, 5.74) is 2.14. The first-order chi connectivity index (χ1) is 7.74. The van der Waals surface area contributed by atoms with Crippen molar-refractivity contribution < 1.29 is 4.74 Å². The smallest absolute Gasteiger partial charge is 0.128 e. The van der Waals surface area contributed by atoms with Crippen LogP contribution in [0.15, 0.2) is 42.5 Å². The van der Waals surface area contributed by atoms with Crippen molar-refractivity contribution in [2.45, 2.75) is 13.5 Å². The Labute approximate surface area is 99.9 Å². The summed E-state index contributed by atoms with van der Waals surface area (Å²) in [6.45, 7) is 2.53. The molecule has 1 aromatic heterocycles. The number of hydrogen-bond acceptors (Lipinski definition) is 2.